The first-order valence-corrected chi connectivity index (χ1v) is 6.62. The van der Waals surface area contributed by atoms with E-state index in [2.05, 4.69) is 15.3 Å². The Morgan fingerprint density at radius 2 is 1.82 bits per heavy atom. The van der Waals surface area contributed by atoms with Crippen LogP contribution in [0.25, 0.3) is 0 Å². The highest BCUT2D eigenvalue weighted by atomic mass is 35.5. The van der Waals surface area contributed by atoms with E-state index in [1.807, 2.05) is 0 Å². The summed E-state index contributed by atoms with van der Waals surface area (Å²) in [6, 6.07) is 3.02. The van der Waals surface area contributed by atoms with Crippen molar-refractivity contribution in [1.82, 2.24) is 9.97 Å². The molecule has 22 heavy (non-hydrogen) atoms. The molecule has 0 aliphatic carbocycles. The SMILES string of the molecule is Nc1nc(Cl)c(N)c(NCc2cc(C(F)(F)F)ccc2Cl)n1. The van der Waals surface area contributed by atoms with Gasteiger partial charge in [-0.15, -0.1) is 0 Å². The number of alkyl halides is 3. The lowest BCUT2D eigenvalue weighted by atomic mass is 10.1. The molecule has 5 N–H and O–H groups in total. The first-order valence-electron chi connectivity index (χ1n) is 5.86. The molecular formula is C12H10Cl2F3N5. The second kappa shape index (κ2) is 6.05. The fourth-order valence-electron chi connectivity index (χ4n) is 1.66. The van der Waals surface area contributed by atoms with E-state index in [4.69, 9.17) is 34.7 Å². The maximum atomic E-state index is 12.7. The highest BCUT2D eigenvalue weighted by molar-refractivity contribution is 6.32. The van der Waals surface area contributed by atoms with Crippen LogP contribution in [0.4, 0.5) is 30.6 Å². The molecule has 0 fully saturated rings. The number of aromatic nitrogens is 2. The fraction of sp³-hybridized carbons (Fsp3) is 0.167. The van der Waals surface area contributed by atoms with E-state index in [-0.39, 0.29) is 39.7 Å². The van der Waals surface area contributed by atoms with Crippen molar-refractivity contribution in [2.75, 3.05) is 16.8 Å². The zero-order chi connectivity index (χ0) is 16.5. The van der Waals surface area contributed by atoms with Crippen molar-refractivity contribution in [1.29, 1.82) is 0 Å². The van der Waals surface area contributed by atoms with Crippen LogP contribution in [0.15, 0.2) is 18.2 Å². The molecule has 0 radical (unpaired) electrons. The van der Waals surface area contributed by atoms with Gasteiger partial charge in [-0.05, 0) is 23.8 Å². The number of nitrogen functional groups attached to an aromatic ring is 2. The Morgan fingerprint density at radius 3 is 2.45 bits per heavy atom. The third-order valence-corrected chi connectivity index (χ3v) is 3.39. The maximum absolute atomic E-state index is 12.7. The van der Waals surface area contributed by atoms with Gasteiger partial charge in [0.15, 0.2) is 11.0 Å². The third kappa shape index (κ3) is 3.63. The maximum Gasteiger partial charge on any atom is 0.416 e. The number of nitrogens with one attached hydrogen (secondary N) is 1. The molecule has 0 bridgehead atoms. The van der Waals surface area contributed by atoms with Gasteiger partial charge < -0.3 is 16.8 Å². The van der Waals surface area contributed by atoms with E-state index in [9.17, 15) is 13.2 Å². The predicted octanol–water partition coefficient (Wildman–Crippen LogP) is 3.58. The molecule has 0 amide bonds. The van der Waals surface area contributed by atoms with Crippen LogP contribution in [0.2, 0.25) is 10.2 Å². The van der Waals surface area contributed by atoms with Crippen LogP contribution in [0.5, 0.6) is 0 Å². The van der Waals surface area contributed by atoms with Crippen molar-refractivity contribution in [3.8, 4) is 0 Å². The molecule has 0 aliphatic rings. The Balaban J connectivity index is 2.25. The molecule has 1 heterocycles. The summed E-state index contributed by atoms with van der Waals surface area (Å²) in [6.07, 6.45) is -4.46. The van der Waals surface area contributed by atoms with Crippen molar-refractivity contribution in [2.45, 2.75) is 12.7 Å². The molecule has 0 aliphatic heterocycles. The van der Waals surface area contributed by atoms with Gasteiger partial charge in [-0.3, -0.25) is 0 Å². The van der Waals surface area contributed by atoms with E-state index in [0.717, 1.165) is 12.1 Å². The Kier molecular flexibility index (Phi) is 4.52. The average molecular weight is 352 g/mol. The lowest BCUT2D eigenvalue weighted by Crippen LogP contribution is -2.10. The quantitative estimate of drug-likeness (QED) is 0.735. The van der Waals surface area contributed by atoms with Crippen molar-refractivity contribution < 1.29 is 13.2 Å². The Hall–Kier alpha value is -1.93. The van der Waals surface area contributed by atoms with Gasteiger partial charge in [0.25, 0.3) is 0 Å². The lowest BCUT2D eigenvalue weighted by molar-refractivity contribution is -0.137. The number of hydrogen-bond acceptors (Lipinski definition) is 5. The monoisotopic (exact) mass is 351 g/mol. The van der Waals surface area contributed by atoms with Crippen LogP contribution in [0, 0.1) is 0 Å². The molecule has 5 nitrogen and oxygen atoms in total. The molecule has 0 spiro atoms. The van der Waals surface area contributed by atoms with E-state index >= 15 is 0 Å². The molecule has 10 heteroatoms. The smallest absolute Gasteiger partial charge is 0.393 e. The summed E-state index contributed by atoms with van der Waals surface area (Å²) in [4.78, 5) is 7.48. The second-order valence-electron chi connectivity index (χ2n) is 4.29. The van der Waals surface area contributed by atoms with Crippen LogP contribution in [0.1, 0.15) is 11.1 Å². The summed E-state index contributed by atoms with van der Waals surface area (Å²) in [5.74, 6) is 0.00261. The third-order valence-electron chi connectivity index (χ3n) is 2.74. The van der Waals surface area contributed by atoms with Crippen LogP contribution in [-0.4, -0.2) is 9.97 Å². The van der Waals surface area contributed by atoms with Crippen molar-refractivity contribution in [3.63, 3.8) is 0 Å². The van der Waals surface area contributed by atoms with Gasteiger partial charge in [-0.2, -0.15) is 23.1 Å². The van der Waals surface area contributed by atoms with E-state index in [1.54, 1.807) is 0 Å². The topological polar surface area (TPSA) is 89.8 Å². The molecule has 118 valence electrons. The Labute approximate surface area is 133 Å². The van der Waals surface area contributed by atoms with Crippen molar-refractivity contribution in [2.24, 2.45) is 0 Å². The minimum absolute atomic E-state index is 0.0407. The molecule has 2 aromatic rings. The standard InChI is InChI=1S/C12H10Cl2F3N5/c13-7-2-1-6(12(15,16)17)3-5(7)4-20-10-8(18)9(14)21-11(19)22-10/h1-3H,4,18H2,(H3,19,20,21,22). The molecule has 0 unspecified atom stereocenters. The van der Waals surface area contributed by atoms with E-state index < -0.39 is 11.7 Å². The van der Waals surface area contributed by atoms with Crippen LogP contribution in [-0.2, 0) is 12.7 Å². The van der Waals surface area contributed by atoms with Crippen LogP contribution < -0.4 is 16.8 Å². The highest BCUT2D eigenvalue weighted by Gasteiger charge is 2.30. The average Bonchev–Trinajstić information content (AvgIpc) is 2.41. The minimum atomic E-state index is -4.46. The largest absolute Gasteiger partial charge is 0.416 e. The van der Waals surface area contributed by atoms with E-state index in [0.29, 0.717) is 0 Å². The van der Waals surface area contributed by atoms with Gasteiger partial charge in [0.1, 0.15) is 5.69 Å². The zero-order valence-electron chi connectivity index (χ0n) is 10.9. The Bertz CT molecular complexity index is 706. The number of rotatable bonds is 3. The number of nitrogens with two attached hydrogens (primary N) is 2. The number of hydrogen-bond donors (Lipinski definition) is 3. The molecule has 1 aromatic carbocycles. The molecule has 1 aromatic heterocycles. The van der Waals surface area contributed by atoms with Gasteiger partial charge in [0.05, 0.1) is 5.56 Å². The molecular weight excluding hydrogens is 342 g/mol. The summed E-state index contributed by atoms with van der Waals surface area (Å²) >= 11 is 11.6. The fourth-order valence-corrected chi connectivity index (χ4v) is 2.02. The predicted molar refractivity (Wildman–Crippen MR) is 79.6 cm³/mol. The minimum Gasteiger partial charge on any atom is -0.393 e. The number of halogens is 5. The van der Waals surface area contributed by atoms with Gasteiger partial charge in [-0.25, -0.2) is 0 Å². The zero-order valence-corrected chi connectivity index (χ0v) is 12.4. The first-order chi connectivity index (χ1) is 10.2. The van der Waals surface area contributed by atoms with Crippen molar-refractivity contribution in [3.05, 3.63) is 39.5 Å². The molecule has 0 atom stereocenters. The Morgan fingerprint density at radius 1 is 1.14 bits per heavy atom. The first kappa shape index (κ1) is 16.4. The van der Waals surface area contributed by atoms with Gasteiger partial charge in [0.2, 0.25) is 5.95 Å². The normalized spacial score (nSPS) is 11.5. The lowest BCUT2D eigenvalue weighted by Gasteiger charge is -2.13. The van der Waals surface area contributed by atoms with E-state index in [1.165, 1.54) is 6.07 Å². The van der Waals surface area contributed by atoms with Crippen molar-refractivity contribution >= 4 is 40.7 Å². The van der Waals surface area contributed by atoms with Crippen LogP contribution in [0.3, 0.4) is 0 Å². The molecule has 0 saturated heterocycles. The summed E-state index contributed by atoms with van der Waals surface area (Å²) in [6.45, 7) is -0.0419. The molecule has 2 rings (SSSR count). The summed E-state index contributed by atoms with van der Waals surface area (Å²) < 4.78 is 38.1. The summed E-state index contributed by atoms with van der Waals surface area (Å²) in [5.41, 5.74) is 10.6. The number of anilines is 3. The van der Waals surface area contributed by atoms with Gasteiger partial charge in [-0.1, -0.05) is 23.2 Å². The second-order valence-corrected chi connectivity index (χ2v) is 5.06. The summed E-state index contributed by atoms with van der Waals surface area (Å²) in [7, 11) is 0. The van der Waals surface area contributed by atoms with Gasteiger partial charge in [0, 0.05) is 11.6 Å². The number of benzene rings is 1. The van der Waals surface area contributed by atoms with Crippen LogP contribution >= 0.6 is 23.2 Å². The summed E-state index contributed by atoms with van der Waals surface area (Å²) in [5, 5.41) is 2.86. The molecule has 0 saturated carbocycles. The van der Waals surface area contributed by atoms with Gasteiger partial charge >= 0.3 is 6.18 Å². The highest BCUT2D eigenvalue weighted by Crippen LogP contribution is 2.32. The number of nitrogens with zero attached hydrogens (tertiary/aromatic N) is 2.